The SMILES string of the molecule is CC(C)(C)C(=O)Nc1nn2c(-c3cccc(F)c3)nnc2s1. The van der Waals surface area contributed by atoms with Crippen molar-refractivity contribution in [3.05, 3.63) is 30.1 Å². The molecule has 1 aromatic carbocycles. The Balaban J connectivity index is 1.97. The van der Waals surface area contributed by atoms with Gasteiger partial charge in [0.1, 0.15) is 5.82 Å². The van der Waals surface area contributed by atoms with E-state index in [0.717, 1.165) is 0 Å². The van der Waals surface area contributed by atoms with Crippen LogP contribution in [-0.2, 0) is 4.79 Å². The molecule has 0 saturated carbocycles. The molecule has 22 heavy (non-hydrogen) atoms. The smallest absolute Gasteiger partial charge is 0.236 e. The third kappa shape index (κ3) is 2.69. The second-order valence-corrected chi connectivity index (χ2v) is 6.80. The molecule has 6 nitrogen and oxygen atoms in total. The summed E-state index contributed by atoms with van der Waals surface area (Å²) >= 11 is 1.21. The van der Waals surface area contributed by atoms with Crippen LogP contribution in [0.1, 0.15) is 20.8 Å². The number of halogens is 1. The van der Waals surface area contributed by atoms with Gasteiger partial charge in [-0.05, 0) is 12.1 Å². The van der Waals surface area contributed by atoms with Crippen LogP contribution in [0, 0.1) is 11.2 Å². The lowest BCUT2D eigenvalue weighted by molar-refractivity contribution is -0.123. The number of fused-ring (bicyclic) bond motifs is 1. The van der Waals surface area contributed by atoms with Crippen molar-refractivity contribution in [2.45, 2.75) is 20.8 Å². The minimum absolute atomic E-state index is 0.134. The van der Waals surface area contributed by atoms with Crippen LogP contribution in [0.15, 0.2) is 24.3 Å². The van der Waals surface area contributed by atoms with E-state index in [2.05, 4.69) is 20.6 Å². The van der Waals surface area contributed by atoms with Crippen LogP contribution in [0.25, 0.3) is 16.3 Å². The number of benzene rings is 1. The topological polar surface area (TPSA) is 72.2 Å². The summed E-state index contributed by atoms with van der Waals surface area (Å²) in [6.45, 7) is 5.46. The maximum Gasteiger partial charge on any atom is 0.236 e. The van der Waals surface area contributed by atoms with Gasteiger partial charge < -0.3 is 5.32 Å². The van der Waals surface area contributed by atoms with E-state index < -0.39 is 5.41 Å². The molecule has 1 N–H and O–H groups in total. The highest BCUT2D eigenvalue weighted by Gasteiger charge is 2.23. The summed E-state index contributed by atoms with van der Waals surface area (Å²) in [4.78, 5) is 12.5. The van der Waals surface area contributed by atoms with E-state index in [1.54, 1.807) is 12.1 Å². The van der Waals surface area contributed by atoms with Gasteiger partial charge in [-0.15, -0.1) is 15.3 Å². The number of carbonyl (C=O) groups is 1. The number of aromatic nitrogens is 4. The summed E-state index contributed by atoms with van der Waals surface area (Å²) in [5, 5.41) is 15.5. The Kier molecular flexibility index (Phi) is 3.40. The van der Waals surface area contributed by atoms with E-state index >= 15 is 0 Å². The summed E-state index contributed by atoms with van der Waals surface area (Å²) in [5.74, 6) is -0.0579. The van der Waals surface area contributed by atoms with E-state index in [-0.39, 0.29) is 11.7 Å². The lowest BCUT2D eigenvalue weighted by Gasteiger charge is -2.15. The van der Waals surface area contributed by atoms with Crippen molar-refractivity contribution < 1.29 is 9.18 Å². The van der Waals surface area contributed by atoms with Crippen LogP contribution in [-0.4, -0.2) is 25.7 Å². The lowest BCUT2D eigenvalue weighted by Crippen LogP contribution is -2.27. The number of anilines is 1. The van der Waals surface area contributed by atoms with Crippen molar-refractivity contribution in [3.8, 4) is 11.4 Å². The van der Waals surface area contributed by atoms with E-state index in [0.29, 0.717) is 21.5 Å². The van der Waals surface area contributed by atoms with Crippen LogP contribution in [0.4, 0.5) is 9.52 Å². The first kappa shape index (κ1) is 14.6. The molecule has 0 spiro atoms. The highest BCUT2D eigenvalue weighted by Crippen LogP contribution is 2.25. The number of hydrogen-bond acceptors (Lipinski definition) is 5. The lowest BCUT2D eigenvalue weighted by atomic mass is 9.96. The average Bonchev–Trinajstić information content (AvgIpc) is 2.97. The zero-order chi connectivity index (χ0) is 15.9. The van der Waals surface area contributed by atoms with Gasteiger partial charge in [0, 0.05) is 11.0 Å². The van der Waals surface area contributed by atoms with E-state index in [1.807, 2.05) is 20.8 Å². The summed E-state index contributed by atoms with van der Waals surface area (Å²) < 4.78 is 14.8. The molecule has 0 bridgehead atoms. The molecule has 3 aromatic rings. The van der Waals surface area contributed by atoms with Crippen molar-refractivity contribution in [3.63, 3.8) is 0 Å². The first-order valence-electron chi connectivity index (χ1n) is 6.64. The quantitative estimate of drug-likeness (QED) is 0.788. The third-order valence-corrected chi connectivity index (χ3v) is 3.79. The molecule has 0 aliphatic rings. The molecule has 0 saturated heterocycles. The normalized spacial score (nSPS) is 11.8. The Hall–Kier alpha value is -2.35. The number of amides is 1. The van der Waals surface area contributed by atoms with Crippen LogP contribution in [0.2, 0.25) is 0 Å². The predicted octanol–water partition coefficient (Wildman–Crippen LogP) is 2.98. The minimum Gasteiger partial charge on any atom is -0.300 e. The van der Waals surface area contributed by atoms with Gasteiger partial charge in [-0.2, -0.15) is 4.52 Å². The van der Waals surface area contributed by atoms with Gasteiger partial charge in [-0.25, -0.2) is 4.39 Å². The molecule has 114 valence electrons. The molecular weight excluding hydrogens is 305 g/mol. The molecule has 0 unspecified atom stereocenters. The molecular formula is C14H14FN5OS. The molecule has 0 atom stereocenters. The molecule has 0 radical (unpaired) electrons. The number of carbonyl (C=O) groups excluding carboxylic acids is 1. The highest BCUT2D eigenvalue weighted by molar-refractivity contribution is 7.20. The Labute approximate surface area is 130 Å². The highest BCUT2D eigenvalue weighted by atomic mass is 32.1. The maximum absolute atomic E-state index is 13.3. The van der Waals surface area contributed by atoms with Gasteiger partial charge >= 0.3 is 0 Å². The molecule has 2 aromatic heterocycles. The molecule has 3 rings (SSSR count). The van der Waals surface area contributed by atoms with E-state index in [9.17, 15) is 9.18 Å². The Morgan fingerprint density at radius 2 is 2.09 bits per heavy atom. The van der Waals surface area contributed by atoms with Crippen molar-refractivity contribution in [2.24, 2.45) is 5.41 Å². The largest absolute Gasteiger partial charge is 0.300 e. The molecule has 0 fully saturated rings. The van der Waals surface area contributed by atoms with Gasteiger partial charge in [0.2, 0.25) is 16.0 Å². The van der Waals surface area contributed by atoms with Crippen LogP contribution in [0.5, 0.6) is 0 Å². The fraction of sp³-hybridized carbons (Fsp3) is 0.286. The second-order valence-electron chi connectivity index (χ2n) is 5.84. The number of hydrogen-bond donors (Lipinski definition) is 1. The van der Waals surface area contributed by atoms with Gasteiger partial charge in [-0.3, -0.25) is 4.79 Å². The van der Waals surface area contributed by atoms with Crippen LogP contribution < -0.4 is 5.32 Å². The zero-order valence-corrected chi connectivity index (χ0v) is 13.1. The first-order valence-corrected chi connectivity index (χ1v) is 7.46. The molecule has 1 amide bonds. The predicted molar refractivity (Wildman–Crippen MR) is 82.1 cm³/mol. The van der Waals surface area contributed by atoms with Crippen LogP contribution in [0.3, 0.4) is 0 Å². The molecule has 2 heterocycles. The van der Waals surface area contributed by atoms with Crippen molar-refractivity contribution in [1.29, 1.82) is 0 Å². The number of rotatable bonds is 2. The second kappa shape index (κ2) is 5.13. The summed E-state index contributed by atoms with van der Waals surface area (Å²) in [7, 11) is 0. The number of nitrogens with one attached hydrogen (secondary N) is 1. The number of nitrogens with zero attached hydrogens (tertiary/aromatic N) is 4. The first-order chi connectivity index (χ1) is 10.3. The van der Waals surface area contributed by atoms with Gasteiger partial charge in [0.25, 0.3) is 0 Å². The Morgan fingerprint density at radius 3 is 2.77 bits per heavy atom. The van der Waals surface area contributed by atoms with Gasteiger partial charge in [0.15, 0.2) is 5.82 Å². The summed E-state index contributed by atoms with van der Waals surface area (Å²) in [6.07, 6.45) is 0. The van der Waals surface area contributed by atoms with E-state index in [4.69, 9.17) is 0 Å². The fourth-order valence-electron chi connectivity index (χ4n) is 1.76. The summed E-state index contributed by atoms with van der Waals surface area (Å²) in [6, 6.07) is 6.05. The van der Waals surface area contributed by atoms with E-state index in [1.165, 1.54) is 28.0 Å². The van der Waals surface area contributed by atoms with Crippen molar-refractivity contribution in [1.82, 2.24) is 19.8 Å². The minimum atomic E-state index is -0.516. The molecule has 8 heteroatoms. The molecule has 0 aliphatic carbocycles. The average molecular weight is 319 g/mol. The van der Waals surface area contributed by atoms with Crippen molar-refractivity contribution >= 4 is 27.3 Å². The standard InChI is InChI=1S/C14H14FN5OS/c1-14(2,3)11(21)16-12-19-20-10(17-18-13(20)22-12)8-5-4-6-9(15)7-8/h4-7H,1-3H3,(H,16,19,21). The van der Waals surface area contributed by atoms with Crippen molar-refractivity contribution in [2.75, 3.05) is 5.32 Å². The van der Waals surface area contributed by atoms with Crippen LogP contribution >= 0.6 is 11.3 Å². The van der Waals surface area contributed by atoms with Gasteiger partial charge in [0.05, 0.1) is 0 Å². The third-order valence-electron chi connectivity index (χ3n) is 2.98. The fourth-order valence-corrected chi connectivity index (χ4v) is 2.49. The maximum atomic E-state index is 13.3. The molecule has 0 aliphatic heterocycles. The van der Waals surface area contributed by atoms with Gasteiger partial charge in [-0.1, -0.05) is 44.2 Å². The summed E-state index contributed by atoms with van der Waals surface area (Å²) in [5.41, 5.74) is 0.0590. The zero-order valence-electron chi connectivity index (χ0n) is 12.3. The monoisotopic (exact) mass is 319 g/mol. The Bertz CT molecular complexity index is 848. The Morgan fingerprint density at radius 1 is 1.32 bits per heavy atom.